The third kappa shape index (κ3) is 5.08. The van der Waals surface area contributed by atoms with Crippen molar-refractivity contribution in [3.05, 3.63) is 41.5 Å². The van der Waals surface area contributed by atoms with Crippen LogP contribution >= 0.6 is 0 Å². The number of nitrogens with one attached hydrogen (secondary N) is 1. The van der Waals surface area contributed by atoms with Crippen LogP contribution in [0.25, 0.3) is 0 Å². The lowest BCUT2D eigenvalue weighted by atomic mass is 10.0. The first-order valence-electron chi connectivity index (χ1n) is 8.44. The number of nitrogens with zero attached hydrogens (tertiary/aromatic N) is 4. The summed E-state index contributed by atoms with van der Waals surface area (Å²) in [6, 6.07) is 4.00. The Morgan fingerprint density at radius 1 is 1.38 bits per heavy atom. The van der Waals surface area contributed by atoms with Crippen LogP contribution in [0.15, 0.2) is 24.3 Å². The van der Waals surface area contributed by atoms with E-state index >= 15 is 0 Å². The molecule has 1 aromatic heterocycles. The summed E-state index contributed by atoms with van der Waals surface area (Å²) in [7, 11) is 0. The fourth-order valence-electron chi connectivity index (χ4n) is 2.64. The van der Waals surface area contributed by atoms with Crippen LogP contribution in [0.2, 0.25) is 0 Å². The summed E-state index contributed by atoms with van der Waals surface area (Å²) in [4.78, 5) is 24.2. The molecule has 0 radical (unpaired) electrons. The predicted octanol–water partition coefficient (Wildman–Crippen LogP) is 1.66. The molecule has 9 heteroatoms. The van der Waals surface area contributed by atoms with Crippen LogP contribution in [-0.2, 0) is 16.0 Å². The molecule has 0 fully saturated rings. The Morgan fingerprint density at radius 3 is 2.73 bits per heavy atom. The van der Waals surface area contributed by atoms with E-state index in [0.29, 0.717) is 24.2 Å². The number of amides is 1. The lowest BCUT2D eigenvalue weighted by Gasteiger charge is -2.21. The van der Waals surface area contributed by atoms with Gasteiger partial charge in [-0.05, 0) is 41.5 Å². The van der Waals surface area contributed by atoms with Crippen molar-refractivity contribution in [2.75, 3.05) is 0 Å². The minimum Gasteiger partial charge on any atom is -0.480 e. The Labute approximate surface area is 150 Å². The highest BCUT2D eigenvalue weighted by Gasteiger charge is 2.28. The minimum absolute atomic E-state index is 0.135. The van der Waals surface area contributed by atoms with Gasteiger partial charge in [-0.2, -0.15) is 0 Å². The molecular weight excluding hydrogens is 341 g/mol. The molecule has 0 saturated heterocycles. The van der Waals surface area contributed by atoms with E-state index in [1.165, 1.54) is 16.8 Å². The van der Waals surface area contributed by atoms with E-state index in [1.54, 1.807) is 19.1 Å². The van der Waals surface area contributed by atoms with E-state index in [9.17, 15) is 19.1 Å². The number of hydrogen-bond acceptors (Lipinski definition) is 5. The molecule has 1 heterocycles. The molecule has 0 aliphatic rings. The maximum Gasteiger partial charge on any atom is 0.326 e. The summed E-state index contributed by atoms with van der Waals surface area (Å²) in [6.45, 7) is 3.58. The van der Waals surface area contributed by atoms with Gasteiger partial charge in [-0.25, -0.2) is 13.9 Å². The molecule has 1 amide bonds. The minimum atomic E-state index is -1.09. The van der Waals surface area contributed by atoms with Gasteiger partial charge in [-0.15, -0.1) is 5.10 Å². The van der Waals surface area contributed by atoms with Gasteiger partial charge in [-0.1, -0.05) is 31.9 Å². The lowest BCUT2D eigenvalue weighted by Crippen LogP contribution is -2.45. The molecule has 2 N–H and O–H groups in total. The number of aliphatic carboxylic acids is 1. The summed E-state index contributed by atoms with van der Waals surface area (Å²) >= 11 is 0. The second-order valence-corrected chi connectivity index (χ2v) is 6.06. The molecule has 0 bridgehead atoms. The average Bonchev–Trinajstić information content (AvgIpc) is 3.01. The van der Waals surface area contributed by atoms with Crippen LogP contribution in [-0.4, -0.2) is 43.2 Å². The molecule has 1 aromatic carbocycles. The van der Waals surface area contributed by atoms with Crippen LogP contribution < -0.4 is 5.32 Å². The van der Waals surface area contributed by atoms with Gasteiger partial charge in [-0.3, -0.25) is 4.79 Å². The Balaban J connectivity index is 2.24. The Kier molecular flexibility index (Phi) is 6.76. The first-order chi connectivity index (χ1) is 12.4. The number of unbranched alkanes of at least 4 members (excludes halogenated alkanes) is 1. The van der Waals surface area contributed by atoms with Crippen LogP contribution in [0.4, 0.5) is 4.39 Å². The van der Waals surface area contributed by atoms with Crippen LogP contribution in [0.3, 0.4) is 0 Å². The quantitative estimate of drug-likeness (QED) is 0.701. The van der Waals surface area contributed by atoms with Gasteiger partial charge in [0.05, 0.1) is 0 Å². The SMILES string of the molecule is CCCCC(NC(=O)C(Cc1cccc(F)c1)n1nnnc1C)C(=O)O. The summed E-state index contributed by atoms with van der Waals surface area (Å²) < 4.78 is 14.8. The van der Waals surface area contributed by atoms with E-state index in [1.807, 2.05) is 6.92 Å². The Morgan fingerprint density at radius 2 is 2.15 bits per heavy atom. The van der Waals surface area contributed by atoms with Gasteiger partial charge < -0.3 is 10.4 Å². The van der Waals surface area contributed by atoms with E-state index in [2.05, 4.69) is 20.8 Å². The lowest BCUT2D eigenvalue weighted by molar-refractivity contribution is -0.142. The van der Waals surface area contributed by atoms with Crippen molar-refractivity contribution in [1.82, 2.24) is 25.5 Å². The zero-order chi connectivity index (χ0) is 19.1. The molecule has 0 aliphatic heterocycles. The second kappa shape index (κ2) is 9.02. The summed E-state index contributed by atoms with van der Waals surface area (Å²) in [5.41, 5.74) is 0.584. The highest BCUT2D eigenvalue weighted by atomic mass is 19.1. The van der Waals surface area contributed by atoms with E-state index < -0.39 is 29.8 Å². The highest BCUT2D eigenvalue weighted by molar-refractivity contribution is 5.86. The zero-order valence-electron chi connectivity index (χ0n) is 14.7. The standard InChI is InChI=1S/C17H22FN5O3/c1-3-4-8-14(17(25)26)19-16(24)15(23-11(2)20-21-22-23)10-12-6-5-7-13(18)9-12/h5-7,9,14-15H,3-4,8,10H2,1-2H3,(H,19,24)(H,25,26). The van der Waals surface area contributed by atoms with E-state index in [0.717, 1.165) is 6.42 Å². The van der Waals surface area contributed by atoms with Gasteiger partial charge in [0.15, 0.2) is 0 Å². The maximum atomic E-state index is 13.5. The molecule has 8 nitrogen and oxygen atoms in total. The summed E-state index contributed by atoms with van der Waals surface area (Å²) in [6.07, 6.45) is 1.96. The number of aromatic nitrogens is 4. The number of rotatable bonds is 9. The van der Waals surface area contributed by atoms with Crippen molar-refractivity contribution in [2.24, 2.45) is 0 Å². The molecule has 0 spiro atoms. The number of carbonyl (C=O) groups excluding carboxylic acids is 1. The van der Waals surface area contributed by atoms with E-state index in [4.69, 9.17) is 0 Å². The normalized spacial score (nSPS) is 13.2. The molecular formula is C17H22FN5O3. The first kappa shape index (κ1) is 19.5. The highest BCUT2D eigenvalue weighted by Crippen LogP contribution is 2.17. The summed E-state index contributed by atoms with van der Waals surface area (Å²) in [5, 5.41) is 23.0. The van der Waals surface area contributed by atoms with Gasteiger partial charge in [0, 0.05) is 6.42 Å². The van der Waals surface area contributed by atoms with Crippen molar-refractivity contribution in [2.45, 2.75) is 51.6 Å². The van der Waals surface area contributed by atoms with Crippen molar-refractivity contribution >= 4 is 11.9 Å². The number of carboxylic acids is 1. The third-order valence-corrected chi connectivity index (χ3v) is 4.03. The Bertz CT molecular complexity index is 764. The van der Waals surface area contributed by atoms with Crippen LogP contribution in [0.5, 0.6) is 0 Å². The number of carbonyl (C=O) groups is 2. The van der Waals surface area contributed by atoms with Crippen molar-refractivity contribution in [1.29, 1.82) is 0 Å². The van der Waals surface area contributed by atoms with Crippen molar-refractivity contribution in [3.63, 3.8) is 0 Å². The fourth-order valence-corrected chi connectivity index (χ4v) is 2.64. The molecule has 2 aromatic rings. The fraction of sp³-hybridized carbons (Fsp3) is 0.471. The number of benzene rings is 1. The molecule has 2 rings (SSSR count). The molecule has 0 aliphatic carbocycles. The number of hydrogen-bond donors (Lipinski definition) is 2. The van der Waals surface area contributed by atoms with Crippen LogP contribution in [0.1, 0.15) is 43.6 Å². The van der Waals surface area contributed by atoms with Crippen molar-refractivity contribution < 1.29 is 19.1 Å². The number of aryl methyl sites for hydroxylation is 1. The summed E-state index contributed by atoms with van der Waals surface area (Å²) in [5.74, 6) is -1.62. The monoisotopic (exact) mass is 363 g/mol. The van der Waals surface area contributed by atoms with Crippen LogP contribution in [0, 0.1) is 12.7 Å². The molecule has 26 heavy (non-hydrogen) atoms. The van der Waals surface area contributed by atoms with Gasteiger partial charge >= 0.3 is 5.97 Å². The Hall–Kier alpha value is -2.84. The molecule has 2 atom stereocenters. The van der Waals surface area contributed by atoms with Crippen molar-refractivity contribution in [3.8, 4) is 0 Å². The topological polar surface area (TPSA) is 110 Å². The number of carboxylic acid groups (broad SMARTS) is 1. The van der Waals surface area contributed by atoms with E-state index in [-0.39, 0.29) is 6.42 Å². The molecule has 0 saturated carbocycles. The second-order valence-electron chi connectivity index (χ2n) is 6.06. The number of tetrazole rings is 1. The maximum absolute atomic E-state index is 13.5. The van der Waals surface area contributed by atoms with Gasteiger partial charge in [0.1, 0.15) is 23.7 Å². The number of halogens is 1. The molecule has 2 unspecified atom stereocenters. The van der Waals surface area contributed by atoms with Gasteiger partial charge in [0.2, 0.25) is 5.91 Å². The average molecular weight is 363 g/mol. The predicted molar refractivity (Wildman–Crippen MR) is 90.8 cm³/mol. The largest absolute Gasteiger partial charge is 0.480 e. The molecule has 140 valence electrons. The van der Waals surface area contributed by atoms with Gasteiger partial charge in [0.25, 0.3) is 0 Å². The first-order valence-corrected chi connectivity index (χ1v) is 8.44. The smallest absolute Gasteiger partial charge is 0.326 e. The third-order valence-electron chi connectivity index (χ3n) is 4.03. The zero-order valence-corrected chi connectivity index (χ0v) is 14.7.